The zero-order valence-electron chi connectivity index (χ0n) is 12.5. The minimum atomic E-state index is -0.671. The van der Waals surface area contributed by atoms with E-state index in [1.165, 1.54) is 0 Å². The third-order valence-corrected chi connectivity index (χ3v) is 3.06. The second-order valence-electron chi connectivity index (χ2n) is 4.58. The van der Waals surface area contributed by atoms with Crippen molar-refractivity contribution in [2.45, 2.75) is 26.7 Å². The lowest BCUT2D eigenvalue weighted by molar-refractivity contribution is -0.141. The van der Waals surface area contributed by atoms with Crippen molar-refractivity contribution in [2.75, 3.05) is 0 Å². The molecule has 21 heavy (non-hydrogen) atoms. The maximum absolute atomic E-state index is 10.2. The van der Waals surface area contributed by atoms with Gasteiger partial charge in [-0.1, -0.05) is 50.2 Å². The largest absolute Gasteiger partial charge is 0.481 e. The summed E-state index contributed by atoms with van der Waals surface area (Å²) in [5.41, 5.74) is 0. The number of carbonyl (C=O) groups is 1. The zero-order chi connectivity index (χ0) is 15.5. The number of para-hydroxylation sites is 2. The third-order valence-electron chi connectivity index (χ3n) is 3.06. The monoisotopic (exact) mass is 286 g/mol. The Balaban J connectivity index is 0.000000240. The molecule has 2 aromatic rings. The predicted molar refractivity (Wildman–Crippen MR) is 84.7 cm³/mol. The highest BCUT2D eigenvalue weighted by Gasteiger charge is 2.10. The Labute approximate surface area is 126 Å². The molecule has 0 saturated heterocycles. The minimum absolute atomic E-state index is 0.130. The minimum Gasteiger partial charge on any atom is -0.481 e. The van der Waals surface area contributed by atoms with Crippen LogP contribution < -0.4 is 4.74 Å². The summed E-state index contributed by atoms with van der Waals surface area (Å²) in [6, 6.07) is 19.5. The van der Waals surface area contributed by atoms with Gasteiger partial charge in [-0.05, 0) is 37.1 Å². The van der Waals surface area contributed by atoms with Crippen molar-refractivity contribution >= 4 is 5.97 Å². The summed E-state index contributed by atoms with van der Waals surface area (Å²) in [6.45, 7) is 3.78. The topological polar surface area (TPSA) is 46.5 Å². The highest BCUT2D eigenvalue weighted by atomic mass is 16.5. The van der Waals surface area contributed by atoms with E-state index in [9.17, 15) is 4.79 Å². The molecule has 2 rings (SSSR count). The van der Waals surface area contributed by atoms with Crippen LogP contribution in [0.1, 0.15) is 26.7 Å². The van der Waals surface area contributed by atoms with Gasteiger partial charge in [0.2, 0.25) is 0 Å². The molecule has 3 heteroatoms. The van der Waals surface area contributed by atoms with Crippen molar-refractivity contribution < 1.29 is 14.6 Å². The molecule has 0 aromatic heterocycles. The summed E-state index contributed by atoms with van der Waals surface area (Å²) >= 11 is 0. The van der Waals surface area contributed by atoms with E-state index in [2.05, 4.69) is 0 Å². The van der Waals surface area contributed by atoms with Crippen LogP contribution in [0.15, 0.2) is 60.7 Å². The molecule has 0 aliphatic rings. The summed E-state index contributed by atoms with van der Waals surface area (Å²) in [7, 11) is 0. The number of ether oxygens (including phenoxy) is 1. The van der Waals surface area contributed by atoms with Gasteiger partial charge in [-0.25, -0.2) is 0 Å². The molecule has 0 fully saturated rings. The van der Waals surface area contributed by atoms with E-state index in [0.717, 1.165) is 24.3 Å². The first-order valence-electron chi connectivity index (χ1n) is 7.18. The number of rotatable bonds is 5. The van der Waals surface area contributed by atoms with Crippen molar-refractivity contribution in [1.29, 1.82) is 0 Å². The van der Waals surface area contributed by atoms with Gasteiger partial charge in [-0.2, -0.15) is 0 Å². The first-order chi connectivity index (χ1) is 10.2. The van der Waals surface area contributed by atoms with Gasteiger partial charge in [0.05, 0.1) is 5.92 Å². The summed E-state index contributed by atoms with van der Waals surface area (Å²) < 4.78 is 5.58. The van der Waals surface area contributed by atoms with Crippen molar-refractivity contribution in [3.63, 3.8) is 0 Å². The Kier molecular flexibility index (Phi) is 7.65. The smallest absolute Gasteiger partial charge is 0.306 e. The Hall–Kier alpha value is -2.29. The molecule has 0 atom stereocenters. The van der Waals surface area contributed by atoms with Gasteiger partial charge in [0, 0.05) is 0 Å². The lowest BCUT2D eigenvalue weighted by Crippen LogP contribution is -2.10. The van der Waals surface area contributed by atoms with Crippen LogP contribution in [0, 0.1) is 5.92 Å². The molecule has 0 spiro atoms. The Morgan fingerprint density at radius 2 is 1.29 bits per heavy atom. The summed E-state index contributed by atoms with van der Waals surface area (Å²) in [5.74, 6) is 0.937. The predicted octanol–water partition coefficient (Wildman–Crippen LogP) is 4.99. The van der Waals surface area contributed by atoms with Gasteiger partial charge in [0.25, 0.3) is 0 Å². The van der Waals surface area contributed by atoms with Gasteiger partial charge in [-0.15, -0.1) is 0 Å². The maximum atomic E-state index is 10.2. The average Bonchev–Trinajstić information content (AvgIpc) is 2.51. The summed E-state index contributed by atoms with van der Waals surface area (Å²) in [4.78, 5) is 10.2. The van der Waals surface area contributed by atoms with Crippen LogP contribution in [0.5, 0.6) is 11.5 Å². The third kappa shape index (κ3) is 6.61. The lowest BCUT2D eigenvalue weighted by Gasteiger charge is -2.03. The van der Waals surface area contributed by atoms with E-state index in [0.29, 0.717) is 0 Å². The molecule has 2 aromatic carbocycles. The van der Waals surface area contributed by atoms with Crippen LogP contribution in [0.2, 0.25) is 0 Å². The van der Waals surface area contributed by atoms with E-state index in [1.54, 1.807) is 0 Å². The van der Waals surface area contributed by atoms with Gasteiger partial charge in [0.1, 0.15) is 11.5 Å². The van der Waals surface area contributed by atoms with Crippen molar-refractivity contribution in [3.8, 4) is 11.5 Å². The second-order valence-corrected chi connectivity index (χ2v) is 4.58. The summed E-state index contributed by atoms with van der Waals surface area (Å²) in [5, 5.41) is 8.37. The molecular formula is C18H22O3. The van der Waals surface area contributed by atoms with Crippen LogP contribution >= 0.6 is 0 Å². The number of aliphatic carboxylic acids is 1. The van der Waals surface area contributed by atoms with Crippen LogP contribution in [0.3, 0.4) is 0 Å². The normalized spacial score (nSPS) is 9.67. The van der Waals surface area contributed by atoms with Crippen LogP contribution in [0.4, 0.5) is 0 Å². The van der Waals surface area contributed by atoms with Crippen LogP contribution in [-0.2, 0) is 4.79 Å². The fourth-order valence-electron chi connectivity index (χ4n) is 1.75. The second kappa shape index (κ2) is 9.59. The van der Waals surface area contributed by atoms with E-state index in [4.69, 9.17) is 9.84 Å². The molecule has 0 aliphatic heterocycles. The molecule has 0 aliphatic carbocycles. The van der Waals surface area contributed by atoms with E-state index in [-0.39, 0.29) is 5.92 Å². The molecule has 0 saturated carbocycles. The van der Waals surface area contributed by atoms with Crippen molar-refractivity contribution in [1.82, 2.24) is 0 Å². The van der Waals surface area contributed by atoms with Gasteiger partial charge >= 0.3 is 5.97 Å². The quantitative estimate of drug-likeness (QED) is 0.842. The number of benzene rings is 2. The molecule has 0 unspecified atom stereocenters. The van der Waals surface area contributed by atoms with Gasteiger partial charge in [-0.3, -0.25) is 4.79 Å². The number of carboxylic acids is 1. The lowest BCUT2D eigenvalue weighted by atomic mass is 10.1. The molecule has 1 N–H and O–H groups in total. The van der Waals surface area contributed by atoms with Gasteiger partial charge in [0.15, 0.2) is 0 Å². The standard InChI is InChI=1S/C12H10O.C6H12O2/c1-3-7-11(8-4-1)13-12-9-5-2-6-10-12;1-3-5(4-2)6(7)8/h1-10H;5H,3-4H2,1-2H3,(H,7,8). The maximum Gasteiger partial charge on any atom is 0.306 e. The average molecular weight is 286 g/mol. The number of carboxylic acid groups (broad SMARTS) is 1. The molecule has 0 radical (unpaired) electrons. The van der Waals surface area contributed by atoms with Crippen molar-refractivity contribution in [3.05, 3.63) is 60.7 Å². The first kappa shape index (κ1) is 16.8. The SMILES string of the molecule is CCC(CC)C(=O)O.c1ccc(Oc2ccccc2)cc1. The molecule has 112 valence electrons. The van der Waals surface area contributed by atoms with E-state index < -0.39 is 5.97 Å². The first-order valence-corrected chi connectivity index (χ1v) is 7.18. The Bertz CT molecular complexity index is 467. The molecular weight excluding hydrogens is 264 g/mol. The zero-order valence-corrected chi connectivity index (χ0v) is 12.5. The molecule has 0 bridgehead atoms. The summed E-state index contributed by atoms with van der Waals surface area (Å²) in [6.07, 6.45) is 1.48. The van der Waals surface area contributed by atoms with E-state index in [1.807, 2.05) is 74.5 Å². The fourth-order valence-corrected chi connectivity index (χ4v) is 1.75. The Morgan fingerprint density at radius 3 is 1.52 bits per heavy atom. The highest BCUT2D eigenvalue weighted by molar-refractivity contribution is 5.69. The van der Waals surface area contributed by atoms with E-state index >= 15 is 0 Å². The van der Waals surface area contributed by atoms with Crippen LogP contribution in [0.25, 0.3) is 0 Å². The number of hydrogen-bond acceptors (Lipinski definition) is 2. The fraction of sp³-hybridized carbons (Fsp3) is 0.278. The van der Waals surface area contributed by atoms with Crippen LogP contribution in [-0.4, -0.2) is 11.1 Å². The molecule has 0 amide bonds. The van der Waals surface area contributed by atoms with Crippen molar-refractivity contribution in [2.24, 2.45) is 5.92 Å². The number of hydrogen-bond donors (Lipinski definition) is 1. The highest BCUT2D eigenvalue weighted by Crippen LogP contribution is 2.19. The Morgan fingerprint density at radius 1 is 0.905 bits per heavy atom. The molecule has 3 nitrogen and oxygen atoms in total. The van der Waals surface area contributed by atoms with Gasteiger partial charge < -0.3 is 9.84 Å². The molecule has 0 heterocycles.